The van der Waals surface area contributed by atoms with Crippen molar-refractivity contribution in [2.24, 2.45) is 17.3 Å². The zero-order valence-corrected chi connectivity index (χ0v) is 13.5. The van der Waals surface area contributed by atoms with Crippen LogP contribution in [0.5, 0.6) is 0 Å². The van der Waals surface area contributed by atoms with E-state index >= 15 is 0 Å². The fraction of sp³-hybridized carbons (Fsp3) is 0.857. The van der Waals surface area contributed by atoms with Gasteiger partial charge in [0.1, 0.15) is 8.07 Å². The number of fused-ring (bicyclic) bond motifs is 2. The minimum atomic E-state index is -1.33. The minimum absolute atomic E-state index is 0.614. The Morgan fingerprint density at radius 3 is 2.50 bits per heavy atom. The van der Waals surface area contributed by atoms with Crippen molar-refractivity contribution in [1.82, 2.24) is 0 Å². The Labute approximate surface area is 110 Å². The number of hydrogen-bond acceptors (Lipinski definition) is 0. The van der Waals surface area contributed by atoms with Crippen LogP contribution in [0.2, 0.25) is 18.6 Å². The van der Waals surface area contributed by atoms with Gasteiger partial charge in [-0.3, -0.25) is 0 Å². The molecule has 3 saturated carbocycles. The average molecular weight is 299 g/mol. The molecule has 2 bridgehead atoms. The van der Waals surface area contributed by atoms with Crippen LogP contribution in [-0.2, 0) is 0 Å². The third-order valence-corrected chi connectivity index (χ3v) is 8.91. The molecule has 0 amide bonds. The fourth-order valence-corrected chi connectivity index (χ4v) is 7.62. The molecule has 2 heteroatoms. The first-order valence-electron chi connectivity index (χ1n) is 6.45. The molecule has 3 fully saturated rings. The molecule has 3 atom stereocenters. The highest BCUT2D eigenvalue weighted by molar-refractivity contribution is 9.09. The smallest absolute Gasteiger partial charge is 0.131 e. The van der Waals surface area contributed by atoms with E-state index in [0.29, 0.717) is 5.41 Å². The van der Waals surface area contributed by atoms with Gasteiger partial charge >= 0.3 is 0 Å². The van der Waals surface area contributed by atoms with E-state index in [0.717, 1.165) is 22.7 Å². The molecular formula is C14H23BrSi. The largest absolute Gasteiger partial charge is 0.135 e. The van der Waals surface area contributed by atoms with Crippen molar-refractivity contribution in [3.05, 3.63) is 0 Å². The van der Waals surface area contributed by atoms with Gasteiger partial charge in [0.2, 0.25) is 0 Å². The van der Waals surface area contributed by atoms with Crippen LogP contribution in [0.1, 0.15) is 33.1 Å². The third-order valence-electron chi connectivity index (χ3n) is 5.26. The summed E-state index contributed by atoms with van der Waals surface area (Å²) in [6.07, 6.45) is 4.40. The zero-order valence-electron chi connectivity index (χ0n) is 10.9. The molecule has 0 spiro atoms. The van der Waals surface area contributed by atoms with Crippen LogP contribution in [0.15, 0.2) is 0 Å². The van der Waals surface area contributed by atoms with Crippen LogP contribution >= 0.6 is 15.9 Å². The molecule has 0 aromatic carbocycles. The highest BCUT2D eigenvalue weighted by Gasteiger charge is 2.57. The van der Waals surface area contributed by atoms with Crippen LogP contribution < -0.4 is 0 Å². The Bertz CT molecular complexity index is 332. The van der Waals surface area contributed by atoms with Gasteiger partial charge in [-0.25, -0.2) is 0 Å². The van der Waals surface area contributed by atoms with E-state index in [4.69, 9.17) is 0 Å². The van der Waals surface area contributed by atoms with Crippen molar-refractivity contribution >= 4 is 24.0 Å². The Hall–Kier alpha value is 0.257. The Morgan fingerprint density at radius 2 is 2.00 bits per heavy atom. The number of halogens is 1. The quantitative estimate of drug-likeness (QED) is 0.381. The van der Waals surface area contributed by atoms with Crippen LogP contribution in [0.25, 0.3) is 0 Å². The molecule has 0 unspecified atom stereocenters. The molecule has 0 aromatic heterocycles. The molecule has 0 aliphatic heterocycles. The van der Waals surface area contributed by atoms with Crippen LogP contribution in [-0.4, -0.2) is 13.4 Å². The van der Waals surface area contributed by atoms with Crippen molar-refractivity contribution in [2.75, 3.05) is 5.33 Å². The molecule has 0 aromatic rings. The number of rotatable bonds is 1. The first-order valence-corrected chi connectivity index (χ1v) is 10.7. The average Bonchev–Trinajstić information content (AvgIpc) is 2.26. The summed E-state index contributed by atoms with van der Waals surface area (Å²) in [5, 5.41) is 0.840. The van der Waals surface area contributed by atoms with Crippen molar-refractivity contribution in [3.63, 3.8) is 0 Å². The molecule has 0 nitrogen and oxygen atoms in total. The van der Waals surface area contributed by atoms with Crippen LogP contribution in [0.4, 0.5) is 0 Å². The molecule has 3 aliphatic rings. The van der Waals surface area contributed by atoms with Gasteiger partial charge in [0.25, 0.3) is 0 Å². The molecule has 0 radical (unpaired) electrons. The molecule has 3 aliphatic carbocycles. The highest BCUT2D eigenvalue weighted by atomic mass is 79.9. The van der Waals surface area contributed by atoms with Gasteiger partial charge < -0.3 is 0 Å². The van der Waals surface area contributed by atoms with Gasteiger partial charge in [-0.15, -0.1) is 5.54 Å². The normalized spacial score (nSPS) is 35.9. The molecule has 0 heterocycles. The van der Waals surface area contributed by atoms with E-state index in [1.54, 1.807) is 0 Å². The molecule has 90 valence electrons. The lowest BCUT2D eigenvalue weighted by Crippen LogP contribution is -2.55. The lowest BCUT2D eigenvalue weighted by molar-refractivity contribution is -0.0656. The second-order valence-corrected chi connectivity index (χ2v) is 11.7. The first kappa shape index (κ1) is 12.7. The topological polar surface area (TPSA) is 0 Å². The summed E-state index contributed by atoms with van der Waals surface area (Å²) in [5.74, 6) is 5.27. The van der Waals surface area contributed by atoms with E-state index in [1.807, 2.05) is 0 Å². The molecule has 3 rings (SSSR count). The van der Waals surface area contributed by atoms with E-state index in [-0.39, 0.29) is 0 Å². The van der Waals surface area contributed by atoms with E-state index in [1.165, 1.54) is 19.3 Å². The summed E-state index contributed by atoms with van der Waals surface area (Å²) in [6.45, 7) is 9.92. The third kappa shape index (κ3) is 1.91. The Kier molecular flexibility index (Phi) is 3.32. The second kappa shape index (κ2) is 4.17. The van der Waals surface area contributed by atoms with Gasteiger partial charge in [-0.2, -0.15) is 0 Å². The SMILES string of the molecule is CC1(C)[C@H]2CC[C@H]([Si](C)(C)C#CCBr)[C@H]1C2. The summed E-state index contributed by atoms with van der Waals surface area (Å²) in [6, 6.07) is 0. The van der Waals surface area contributed by atoms with Gasteiger partial charge in [0, 0.05) is 0 Å². The molecular weight excluding hydrogens is 276 g/mol. The number of hydrogen-bond donors (Lipinski definition) is 0. The zero-order chi connectivity index (χ0) is 12.0. The van der Waals surface area contributed by atoms with Gasteiger partial charge in [0.15, 0.2) is 0 Å². The second-order valence-electron chi connectivity index (χ2n) is 6.70. The van der Waals surface area contributed by atoms with E-state index in [2.05, 4.69) is 54.3 Å². The van der Waals surface area contributed by atoms with Crippen molar-refractivity contribution < 1.29 is 0 Å². The predicted octanol–water partition coefficient (Wildman–Crippen LogP) is 4.46. The summed E-state index contributed by atoms with van der Waals surface area (Å²) in [7, 11) is -1.33. The fourth-order valence-electron chi connectivity index (χ4n) is 4.03. The van der Waals surface area contributed by atoms with Crippen LogP contribution in [0, 0.1) is 28.7 Å². The standard InChI is InChI=1S/C14H23BrSi/c1-14(2)11-6-7-13(12(14)10-11)16(3,4)9-5-8-15/h11-13H,6-8,10H2,1-4H3/t11-,12+,13-/m0/s1. The lowest BCUT2D eigenvalue weighted by Gasteiger charge is -2.62. The lowest BCUT2D eigenvalue weighted by atomic mass is 9.48. The van der Waals surface area contributed by atoms with Gasteiger partial charge in [-0.1, -0.05) is 55.2 Å². The minimum Gasteiger partial charge on any atom is -0.131 e. The molecule has 16 heavy (non-hydrogen) atoms. The van der Waals surface area contributed by atoms with E-state index < -0.39 is 8.07 Å². The summed E-state index contributed by atoms with van der Waals surface area (Å²) >= 11 is 3.42. The monoisotopic (exact) mass is 298 g/mol. The van der Waals surface area contributed by atoms with Crippen molar-refractivity contribution in [1.29, 1.82) is 0 Å². The summed E-state index contributed by atoms with van der Waals surface area (Å²) in [5.41, 5.74) is 5.17. The Morgan fingerprint density at radius 1 is 1.31 bits per heavy atom. The van der Waals surface area contributed by atoms with Gasteiger partial charge in [-0.05, 0) is 35.6 Å². The predicted molar refractivity (Wildman–Crippen MR) is 77.4 cm³/mol. The van der Waals surface area contributed by atoms with Crippen molar-refractivity contribution in [2.45, 2.75) is 51.7 Å². The highest BCUT2D eigenvalue weighted by Crippen LogP contribution is 2.65. The Balaban J connectivity index is 2.16. The summed E-state index contributed by atoms with van der Waals surface area (Å²) < 4.78 is 0. The number of alkyl halides is 1. The van der Waals surface area contributed by atoms with Crippen molar-refractivity contribution in [3.8, 4) is 11.5 Å². The molecule has 0 saturated heterocycles. The maximum atomic E-state index is 3.61. The van der Waals surface area contributed by atoms with Gasteiger partial charge in [0.05, 0.1) is 5.33 Å². The first-order chi connectivity index (χ1) is 7.39. The summed E-state index contributed by atoms with van der Waals surface area (Å²) in [4.78, 5) is 0. The van der Waals surface area contributed by atoms with Crippen LogP contribution in [0.3, 0.4) is 0 Å². The van der Waals surface area contributed by atoms with E-state index in [9.17, 15) is 0 Å². The maximum absolute atomic E-state index is 3.61. The maximum Gasteiger partial charge on any atom is 0.135 e. The molecule has 0 N–H and O–H groups in total.